The summed E-state index contributed by atoms with van der Waals surface area (Å²) in [7, 11) is 2.09. The van der Waals surface area contributed by atoms with Gasteiger partial charge in [-0.25, -0.2) is 0 Å². The zero-order valence-corrected chi connectivity index (χ0v) is 19.0. The highest BCUT2D eigenvalue weighted by atomic mass is 16.3. The van der Waals surface area contributed by atoms with E-state index in [4.69, 9.17) is 5.26 Å². The number of hydrogen-bond acceptors (Lipinski definition) is 5. The van der Waals surface area contributed by atoms with Crippen molar-refractivity contribution < 1.29 is 5.11 Å². The van der Waals surface area contributed by atoms with E-state index in [1.54, 1.807) is 0 Å². The van der Waals surface area contributed by atoms with Crippen LogP contribution in [-0.4, -0.2) is 65.3 Å². The smallest absolute Gasteiger partial charge is 0.177 e. The first-order valence-corrected chi connectivity index (χ1v) is 10.5. The summed E-state index contributed by atoms with van der Waals surface area (Å²) in [4.78, 5) is 4.59. The van der Waals surface area contributed by atoms with Gasteiger partial charge in [-0.05, 0) is 73.5 Å². The molecule has 5 heteroatoms. The predicted molar refractivity (Wildman–Crippen MR) is 113 cm³/mol. The van der Waals surface area contributed by atoms with Gasteiger partial charge in [-0.2, -0.15) is 5.26 Å². The quantitative estimate of drug-likeness (QED) is 0.571. The van der Waals surface area contributed by atoms with E-state index in [0.717, 1.165) is 45.4 Å². The lowest BCUT2D eigenvalue weighted by Gasteiger charge is -2.39. The monoisotopic (exact) mass is 370 g/mol. The van der Waals surface area contributed by atoms with Crippen LogP contribution < -0.4 is 5.32 Å². The Balaban J connectivity index is 0. The van der Waals surface area contributed by atoms with Gasteiger partial charge >= 0.3 is 0 Å². The second-order valence-corrected chi connectivity index (χ2v) is 7.80. The molecule has 2 aliphatic heterocycles. The molecule has 2 fully saturated rings. The fourth-order valence-electron chi connectivity index (χ4n) is 3.43. The highest BCUT2D eigenvalue weighted by Gasteiger charge is 2.29. The van der Waals surface area contributed by atoms with Crippen LogP contribution in [0.3, 0.4) is 0 Å². The van der Waals surface area contributed by atoms with Gasteiger partial charge in [-0.15, -0.1) is 0 Å². The van der Waals surface area contributed by atoms with E-state index in [-0.39, 0.29) is 5.54 Å². The van der Waals surface area contributed by atoms with Gasteiger partial charge in [0.05, 0.1) is 11.1 Å². The number of nitrogens with one attached hydrogen (secondary N) is 1. The number of rotatable bonds is 2. The van der Waals surface area contributed by atoms with Crippen LogP contribution in [0.1, 0.15) is 81.1 Å². The van der Waals surface area contributed by atoms with Crippen LogP contribution in [0.25, 0.3) is 0 Å². The number of nitriles is 1. The summed E-state index contributed by atoms with van der Waals surface area (Å²) in [6.45, 7) is 20.5. The van der Waals surface area contributed by atoms with E-state index in [1.165, 1.54) is 6.42 Å². The minimum absolute atomic E-state index is 0.0156. The maximum atomic E-state index is 9.75. The van der Waals surface area contributed by atoms with Gasteiger partial charge in [0.1, 0.15) is 0 Å². The molecule has 2 heterocycles. The molecule has 0 bridgehead atoms. The molecule has 2 N–H and O–H groups in total. The number of β-amino-alcohol motifs (C(OH)–C–C–N with tert-alkyl or cyclic N) is 1. The molecule has 2 atom stereocenters. The zero-order valence-electron chi connectivity index (χ0n) is 19.0. The Hall–Kier alpha value is -0.830. The van der Waals surface area contributed by atoms with Crippen LogP contribution in [0.5, 0.6) is 0 Å². The van der Waals surface area contributed by atoms with Crippen LogP contribution in [0.4, 0.5) is 0 Å². The minimum atomic E-state index is -0.442. The molecule has 2 aliphatic rings. The van der Waals surface area contributed by atoms with Crippen molar-refractivity contribution in [3.8, 4) is 6.19 Å². The molecule has 5 nitrogen and oxygen atoms in total. The highest BCUT2D eigenvalue weighted by Crippen LogP contribution is 2.21. The molecular formula is C21H46N4O. The lowest BCUT2D eigenvalue weighted by Crippen LogP contribution is -2.52. The molecule has 156 valence electrons. The zero-order chi connectivity index (χ0) is 20.8. The van der Waals surface area contributed by atoms with E-state index in [2.05, 4.69) is 42.9 Å². The molecule has 0 saturated carbocycles. The standard InChI is InChI=1S/C9H19NO.C8H15N3.2C2H6/c1-8(2)10-6-4-5-9(3,11)7-10;1-8(10-7-9)4-3-5-11(2)6-8;2*1-2/h8,11H,4-7H2,1-3H3;10H,3-6H2,1-2H3;2*1-2H3. The Bertz CT molecular complexity index is 379. The minimum Gasteiger partial charge on any atom is -0.389 e. The number of hydrogen-bond donors (Lipinski definition) is 2. The van der Waals surface area contributed by atoms with E-state index in [0.29, 0.717) is 6.04 Å². The lowest BCUT2D eigenvalue weighted by molar-refractivity contribution is -0.0252. The van der Waals surface area contributed by atoms with Crippen molar-refractivity contribution in [1.29, 1.82) is 5.26 Å². The van der Waals surface area contributed by atoms with Crippen molar-refractivity contribution in [2.75, 3.05) is 33.2 Å². The summed E-state index contributed by atoms with van der Waals surface area (Å²) in [5, 5.41) is 21.1. The van der Waals surface area contributed by atoms with Gasteiger partial charge in [0.25, 0.3) is 0 Å². The number of nitrogens with zero attached hydrogens (tertiary/aromatic N) is 3. The van der Waals surface area contributed by atoms with Crippen molar-refractivity contribution in [2.24, 2.45) is 0 Å². The van der Waals surface area contributed by atoms with Crippen molar-refractivity contribution in [3.05, 3.63) is 0 Å². The topological polar surface area (TPSA) is 62.5 Å². The van der Waals surface area contributed by atoms with E-state index in [1.807, 2.05) is 40.8 Å². The van der Waals surface area contributed by atoms with Gasteiger partial charge in [0, 0.05) is 19.1 Å². The third kappa shape index (κ3) is 11.7. The molecular weight excluding hydrogens is 324 g/mol. The number of aliphatic hydroxyl groups is 1. The first-order chi connectivity index (χ1) is 12.2. The molecule has 26 heavy (non-hydrogen) atoms. The van der Waals surface area contributed by atoms with Crippen molar-refractivity contribution >= 4 is 0 Å². The molecule has 2 rings (SSSR count). The van der Waals surface area contributed by atoms with Gasteiger partial charge < -0.3 is 15.3 Å². The SMILES string of the molecule is CC.CC.CC(C)N1CCCC(C)(O)C1.CN1CCCC(C)(NC#N)C1. The molecule has 0 aromatic heterocycles. The first-order valence-electron chi connectivity index (χ1n) is 10.5. The van der Waals surface area contributed by atoms with Crippen molar-refractivity contribution in [1.82, 2.24) is 15.1 Å². The van der Waals surface area contributed by atoms with E-state index in [9.17, 15) is 5.11 Å². The second kappa shape index (κ2) is 14.3. The molecule has 0 amide bonds. The Labute approximate surface area is 163 Å². The normalized spacial score (nSPS) is 29.0. The Morgan fingerprint density at radius 3 is 1.92 bits per heavy atom. The fraction of sp³-hybridized carbons (Fsp3) is 0.952. The molecule has 0 aliphatic carbocycles. The van der Waals surface area contributed by atoms with Gasteiger partial charge in [-0.1, -0.05) is 27.7 Å². The molecule has 0 radical (unpaired) electrons. The van der Waals surface area contributed by atoms with Gasteiger partial charge in [0.15, 0.2) is 6.19 Å². The first kappa shape index (κ1) is 27.4. The van der Waals surface area contributed by atoms with Crippen molar-refractivity contribution in [2.45, 2.75) is 98.3 Å². The van der Waals surface area contributed by atoms with Gasteiger partial charge in [0.2, 0.25) is 0 Å². The van der Waals surface area contributed by atoms with E-state index < -0.39 is 5.60 Å². The molecule has 0 spiro atoms. The number of likely N-dealkylation sites (tertiary alicyclic amines) is 2. The number of piperidine rings is 2. The summed E-state index contributed by atoms with van der Waals surface area (Å²) < 4.78 is 0. The molecule has 2 saturated heterocycles. The maximum absolute atomic E-state index is 9.75. The predicted octanol–water partition coefficient (Wildman–Crippen LogP) is 3.84. The Kier molecular flexibility index (Phi) is 15.0. The van der Waals surface area contributed by atoms with Crippen LogP contribution in [-0.2, 0) is 0 Å². The third-order valence-corrected chi connectivity index (χ3v) is 4.68. The summed E-state index contributed by atoms with van der Waals surface area (Å²) in [5.74, 6) is 0. The third-order valence-electron chi connectivity index (χ3n) is 4.68. The fourth-order valence-corrected chi connectivity index (χ4v) is 3.43. The number of likely N-dealkylation sites (N-methyl/N-ethyl adjacent to an activating group) is 1. The lowest BCUT2D eigenvalue weighted by atomic mass is 9.92. The summed E-state index contributed by atoms with van der Waals surface area (Å²) in [5.41, 5.74) is -0.426. The van der Waals surface area contributed by atoms with Crippen LogP contribution >= 0.6 is 0 Å². The molecule has 0 aromatic rings. The van der Waals surface area contributed by atoms with E-state index >= 15 is 0 Å². The highest BCUT2D eigenvalue weighted by molar-refractivity contribution is 4.94. The Morgan fingerprint density at radius 2 is 1.54 bits per heavy atom. The average Bonchev–Trinajstić information content (AvgIpc) is 2.58. The summed E-state index contributed by atoms with van der Waals surface area (Å²) in [6, 6.07) is 0.571. The molecule has 0 aromatic carbocycles. The van der Waals surface area contributed by atoms with Crippen LogP contribution in [0.2, 0.25) is 0 Å². The largest absolute Gasteiger partial charge is 0.389 e. The average molecular weight is 371 g/mol. The second-order valence-electron chi connectivity index (χ2n) is 7.80. The van der Waals surface area contributed by atoms with Gasteiger partial charge in [-0.3, -0.25) is 4.90 Å². The molecule has 2 unspecified atom stereocenters. The summed E-state index contributed by atoms with van der Waals surface area (Å²) >= 11 is 0. The van der Waals surface area contributed by atoms with Crippen LogP contribution in [0, 0.1) is 11.5 Å². The Morgan fingerprint density at radius 1 is 1.00 bits per heavy atom. The van der Waals surface area contributed by atoms with Crippen molar-refractivity contribution in [3.63, 3.8) is 0 Å². The maximum Gasteiger partial charge on any atom is 0.177 e. The summed E-state index contributed by atoms with van der Waals surface area (Å²) in [6.07, 6.45) is 6.39. The van der Waals surface area contributed by atoms with Crippen LogP contribution in [0.15, 0.2) is 0 Å².